The van der Waals surface area contributed by atoms with Gasteiger partial charge in [0.2, 0.25) is 0 Å². The smallest absolute Gasteiger partial charge is 0.100 e. The topological polar surface area (TPSA) is 28.7 Å². The first-order valence-electron chi connectivity index (χ1n) is 4.42. The summed E-state index contributed by atoms with van der Waals surface area (Å²) >= 11 is 1.47. The summed E-state index contributed by atoms with van der Waals surface area (Å²) in [6.45, 7) is 0. The number of aromatic nitrogens is 2. The van der Waals surface area contributed by atoms with Crippen LogP contribution in [0.15, 0.2) is 41.8 Å². The van der Waals surface area contributed by atoms with Gasteiger partial charge in [-0.3, -0.25) is 0 Å². The standard InChI is InChI=1S/C11H8N2S/c1-2-4-9-8(3-1)7-11(12-9)10-5-6-14-13-10/h1-7,12H. The van der Waals surface area contributed by atoms with Crippen LogP contribution < -0.4 is 0 Å². The minimum atomic E-state index is 1.02. The third kappa shape index (κ3) is 1.14. The summed E-state index contributed by atoms with van der Waals surface area (Å²) in [7, 11) is 0. The molecule has 3 rings (SSSR count). The Kier molecular flexibility index (Phi) is 1.64. The zero-order chi connectivity index (χ0) is 9.38. The van der Waals surface area contributed by atoms with Crippen LogP contribution in [0.5, 0.6) is 0 Å². The van der Waals surface area contributed by atoms with E-state index in [1.807, 2.05) is 23.6 Å². The van der Waals surface area contributed by atoms with E-state index >= 15 is 0 Å². The fraction of sp³-hybridized carbons (Fsp3) is 0. The van der Waals surface area contributed by atoms with Crippen LogP contribution in [0.25, 0.3) is 22.3 Å². The van der Waals surface area contributed by atoms with Crippen LogP contribution in [0.3, 0.4) is 0 Å². The van der Waals surface area contributed by atoms with E-state index in [4.69, 9.17) is 0 Å². The number of para-hydroxylation sites is 1. The third-order valence-electron chi connectivity index (χ3n) is 2.24. The van der Waals surface area contributed by atoms with Gasteiger partial charge in [-0.05, 0) is 29.7 Å². The first kappa shape index (κ1) is 7.76. The number of hydrogen-bond acceptors (Lipinski definition) is 2. The van der Waals surface area contributed by atoms with Gasteiger partial charge in [-0.2, -0.15) is 4.37 Å². The number of rotatable bonds is 1. The molecule has 0 amide bonds. The van der Waals surface area contributed by atoms with Crippen LogP contribution in [0.1, 0.15) is 0 Å². The van der Waals surface area contributed by atoms with Crippen molar-refractivity contribution in [3.05, 3.63) is 41.8 Å². The van der Waals surface area contributed by atoms with Crippen molar-refractivity contribution in [2.45, 2.75) is 0 Å². The van der Waals surface area contributed by atoms with E-state index < -0.39 is 0 Å². The Morgan fingerprint density at radius 2 is 2.07 bits per heavy atom. The zero-order valence-corrected chi connectivity index (χ0v) is 8.21. The molecule has 1 aromatic carbocycles. The highest BCUT2D eigenvalue weighted by Gasteiger charge is 2.03. The van der Waals surface area contributed by atoms with Crippen molar-refractivity contribution in [2.75, 3.05) is 0 Å². The molecule has 0 aliphatic heterocycles. The van der Waals surface area contributed by atoms with E-state index in [0.717, 1.165) is 16.9 Å². The van der Waals surface area contributed by atoms with Crippen molar-refractivity contribution in [3.8, 4) is 11.4 Å². The Labute approximate surface area is 85.4 Å². The summed E-state index contributed by atoms with van der Waals surface area (Å²) in [6, 6.07) is 12.4. The Hall–Kier alpha value is -1.61. The van der Waals surface area contributed by atoms with E-state index in [1.165, 1.54) is 16.9 Å². The SMILES string of the molecule is c1ccc2[nH]c(-c3ccsn3)cc2c1. The van der Waals surface area contributed by atoms with Gasteiger partial charge >= 0.3 is 0 Å². The van der Waals surface area contributed by atoms with E-state index in [-0.39, 0.29) is 0 Å². The molecule has 2 aromatic heterocycles. The molecule has 2 nitrogen and oxygen atoms in total. The number of fused-ring (bicyclic) bond motifs is 1. The van der Waals surface area contributed by atoms with Crippen LogP contribution in [0, 0.1) is 0 Å². The lowest BCUT2D eigenvalue weighted by molar-refractivity contribution is 1.41. The second-order valence-corrected chi connectivity index (χ2v) is 3.82. The lowest BCUT2D eigenvalue weighted by Crippen LogP contribution is -1.73. The van der Waals surface area contributed by atoms with Crippen LogP contribution in [0.4, 0.5) is 0 Å². The van der Waals surface area contributed by atoms with Gasteiger partial charge in [-0.15, -0.1) is 0 Å². The van der Waals surface area contributed by atoms with E-state index in [1.54, 1.807) is 0 Å². The van der Waals surface area contributed by atoms with Gasteiger partial charge in [0, 0.05) is 16.3 Å². The second kappa shape index (κ2) is 2.96. The van der Waals surface area contributed by atoms with Crippen molar-refractivity contribution >= 4 is 22.4 Å². The maximum absolute atomic E-state index is 4.29. The highest BCUT2D eigenvalue weighted by molar-refractivity contribution is 7.03. The maximum Gasteiger partial charge on any atom is 0.100 e. The fourth-order valence-corrected chi connectivity index (χ4v) is 2.09. The Morgan fingerprint density at radius 3 is 2.86 bits per heavy atom. The van der Waals surface area contributed by atoms with Gasteiger partial charge in [-0.1, -0.05) is 18.2 Å². The molecular formula is C11H8N2S. The molecule has 0 aliphatic carbocycles. The van der Waals surface area contributed by atoms with Gasteiger partial charge in [0.15, 0.2) is 0 Å². The summed E-state index contributed by atoms with van der Waals surface area (Å²) in [5, 5.41) is 3.22. The normalized spacial score (nSPS) is 10.9. The van der Waals surface area contributed by atoms with Crippen molar-refractivity contribution in [3.63, 3.8) is 0 Å². The highest BCUT2D eigenvalue weighted by atomic mass is 32.1. The highest BCUT2D eigenvalue weighted by Crippen LogP contribution is 2.23. The lowest BCUT2D eigenvalue weighted by Gasteiger charge is -1.87. The molecule has 0 saturated heterocycles. The van der Waals surface area contributed by atoms with Gasteiger partial charge in [0.25, 0.3) is 0 Å². The number of hydrogen-bond donors (Lipinski definition) is 1. The molecule has 2 heterocycles. The van der Waals surface area contributed by atoms with E-state index in [2.05, 4.69) is 27.6 Å². The van der Waals surface area contributed by atoms with Gasteiger partial charge in [0.1, 0.15) is 5.69 Å². The maximum atomic E-state index is 4.29. The van der Waals surface area contributed by atoms with Crippen molar-refractivity contribution in [1.82, 2.24) is 9.36 Å². The Bertz CT molecular complexity index is 518. The molecule has 0 radical (unpaired) electrons. The monoisotopic (exact) mass is 200 g/mol. The predicted octanol–water partition coefficient (Wildman–Crippen LogP) is 3.29. The Morgan fingerprint density at radius 1 is 1.14 bits per heavy atom. The Balaban J connectivity index is 2.24. The molecule has 0 bridgehead atoms. The van der Waals surface area contributed by atoms with Crippen LogP contribution in [-0.2, 0) is 0 Å². The molecule has 0 spiro atoms. The van der Waals surface area contributed by atoms with Crippen molar-refractivity contribution < 1.29 is 0 Å². The minimum absolute atomic E-state index is 1.02. The van der Waals surface area contributed by atoms with Crippen LogP contribution in [0.2, 0.25) is 0 Å². The second-order valence-electron chi connectivity index (χ2n) is 3.15. The molecule has 0 fully saturated rings. The summed E-state index contributed by atoms with van der Waals surface area (Å²) in [5.74, 6) is 0. The molecule has 0 unspecified atom stereocenters. The van der Waals surface area contributed by atoms with Gasteiger partial charge in [-0.25, -0.2) is 0 Å². The summed E-state index contributed by atoms with van der Waals surface area (Å²) in [5.41, 5.74) is 3.27. The summed E-state index contributed by atoms with van der Waals surface area (Å²) in [6.07, 6.45) is 0. The molecule has 14 heavy (non-hydrogen) atoms. The summed E-state index contributed by atoms with van der Waals surface area (Å²) in [4.78, 5) is 3.34. The zero-order valence-electron chi connectivity index (χ0n) is 7.40. The molecule has 0 aliphatic rings. The number of benzene rings is 1. The fourth-order valence-electron chi connectivity index (χ4n) is 1.56. The van der Waals surface area contributed by atoms with Crippen LogP contribution in [-0.4, -0.2) is 9.36 Å². The average Bonchev–Trinajstić information content (AvgIpc) is 2.86. The van der Waals surface area contributed by atoms with E-state index in [9.17, 15) is 0 Å². The first-order chi connectivity index (χ1) is 6.93. The molecule has 3 heteroatoms. The lowest BCUT2D eigenvalue weighted by atomic mass is 10.2. The van der Waals surface area contributed by atoms with Crippen molar-refractivity contribution in [1.29, 1.82) is 0 Å². The van der Waals surface area contributed by atoms with Gasteiger partial charge in [0.05, 0.1) is 5.69 Å². The van der Waals surface area contributed by atoms with Crippen LogP contribution >= 0.6 is 11.5 Å². The number of nitrogens with one attached hydrogen (secondary N) is 1. The molecular weight excluding hydrogens is 192 g/mol. The largest absolute Gasteiger partial charge is 0.353 e. The molecule has 0 saturated carbocycles. The molecule has 0 atom stereocenters. The molecule has 3 aromatic rings. The summed E-state index contributed by atoms with van der Waals surface area (Å²) < 4.78 is 4.29. The third-order valence-corrected chi connectivity index (χ3v) is 2.80. The molecule has 68 valence electrons. The predicted molar refractivity (Wildman–Crippen MR) is 59.4 cm³/mol. The quantitative estimate of drug-likeness (QED) is 0.641. The first-order valence-corrected chi connectivity index (χ1v) is 5.26. The number of H-pyrrole nitrogens is 1. The number of nitrogens with zero attached hydrogens (tertiary/aromatic N) is 1. The average molecular weight is 200 g/mol. The van der Waals surface area contributed by atoms with E-state index in [0.29, 0.717) is 0 Å². The van der Waals surface area contributed by atoms with Gasteiger partial charge < -0.3 is 4.98 Å². The number of aromatic amines is 1. The van der Waals surface area contributed by atoms with Crippen molar-refractivity contribution in [2.24, 2.45) is 0 Å². The minimum Gasteiger partial charge on any atom is -0.353 e. The molecule has 1 N–H and O–H groups in total.